The molecule has 0 aliphatic rings. The van der Waals surface area contributed by atoms with Gasteiger partial charge in [0.05, 0.1) is 6.61 Å². The van der Waals surface area contributed by atoms with Gasteiger partial charge in [0, 0.05) is 32.0 Å². The summed E-state index contributed by atoms with van der Waals surface area (Å²) in [4.78, 5) is 2.04. The Hall–Kier alpha value is -1.75. The number of rotatable bonds is 5. The van der Waals surface area contributed by atoms with Crippen LogP contribution in [0.5, 0.6) is 0 Å². The first-order valence-electron chi connectivity index (χ1n) is 4.97. The Bertz CT molecular complexity index is 366. The van der Waals surface area contributed by atoms with Gasteiger partial charge in [0.1, 0.15) is 0 Å². The fourth-order valence-electron chi connectivity index (χ4n) is 1.32. The summed E-state index contributed by atoms with van der Waals surface area (Å²) in [5.41, 5.74) is 7.22. The SMILES string of the molecule is COCCN(C)c1cccc(C(N)=NO)c1. The summed E-state index contributed by atoms with van der Waals surface area (Å²) in [6, 6.07) is 7.49. The molecule has 1 aromatic carbocycles. The van der Waals surface area contributed by atoms with Crippen LogP contribution in [0.3, 0.4) is 0 Å². The van der Waals surface area contributed by atoms with Crippen molar-refractivity contribution < 1.29 is 9.94 Å². The van der Waals surface area contributed by atoms with Gasteiger partial charge in [-0.25, -0.2) is 0 Å². The predicted molar refractivity (Wildman–Crippen MR) is 64.1 cm³/mol. The molecule has 0 saturated heterocycles. The topological polar surface area (TPSA) is 71.1 Å². The molecule has 1 aromatic rings. The van der Waals surface area contributed by atoms with E-state index in [9.17, 15) is 0 Å². The molecule has 0 unspecified atom stereocenters. The monoisotopic (exact) mass is 223 g/mol. The zero-order valence-corrected chi connectivity index (χ0v) is 9.55. The molecule has 0 amide bonds. The third kappa shape index (κ3) is 3.13. The predicted octanol–water partition coefficient (Wildman–Crippen LogP) is 0.864. The molecule has 88 valence electrons. The number of ether oxygens (including phenoxy) is 1. The van der Waals surface area contributed by atoms with Crippen LogP contribution in [0.15, 0.2) is 29.4 Å². The molecular weight excluding hydrogens is 206 g/mol. The lowest BCUT2D eigenvalue weighted by molar-refractivity contribution is 0.206. The quantitative estimate of drug-likeness (QED) is 0.336. The summed E-state index contributed by atoms with van der Waals surface area (Å²) in [5, 5.41) is 11.6. The van der Waals surface area contributed by atoms with E-state index in [0.717, 1.165) is 12.2 Å². The summed E-state index contributed by atoms with van der Waals surface area (Å²) in [6.07, 6.45) is 0. The van der Waals surface area contributed by atoms with E-state index >= 15 is 0 Å². The number of hydrogen-bond donors (Lipinski definition) is 2. The molecule has 16 heavy (non-hydrogen) atoms. The molecule has 0 aliphatic heterocycles. The maximum absolute atomic E-state index is 8.59. The van der Waals surface area contributed by atoms with Gasteiger partial charge in [-0.15, -0.1) is 0 Å². The lowest BCUT2D eigenvalue weighted by Gasteiger charge is -2.19. The Kier molecular flexibility index (Phi) is 4.60. The van der Waals surface area contributed by atoms with Gasteiger partial charge in [0.15, 0.2) is 5.84 Å². The number of likely N-dealkylation sites (N-methyl/N-ethyl adjacent to an activating group) is 1. The van der Waals surface area contributed by atoms with Gasteiger partial charge in [-0.1, -0.05) is 17.3 Å². The number of amidine groups is 1. The Morgan fingerprint density at radius 2 is 2.31 bits per heavy atom. The molecule has 0 fully saturated rings. The highest BCUT2D eigenvalue weighted by Gasteiger charge is 2.04. The lowest BCUT2D eigenvalue weighted by atomic mass is 10.2. The van der Waals surface area contributed by atoms with E-state index in [1.54, 1.807) is 13.2 Å². The van der Waals surface area contributed by atoms with Crippen LogP contribution in [0.4, 0.5) is 5.69 Å². The molecule has 0 spiro atoms. The van der Waals surface area contributed by atoms with Crippen molar-refractivity contribution in [2.75, 3.05) is 32.2 Å². The largest absolute Gasteiger partial charge is 0.409 e. The van der Waals surface area contributed by atoms with Crippen LogP contribution in [-0.4, -0.2) is 38.4 Å². The molecule has 0 aliphatic carbocycles. The fraction of sp³-hybridized carbons (Fsp3) is 0.364. The zero-order valence-electron chi connectivity index (χ0n) is 9.55. The molecule has 0 bridgehead atoms. The van der Waals surface area contributed by atoms with Gasteiger partial charge in [0.25, 0.3) is 0 Å². The van der Waals surface area contributed by atoms with Gasteiger partial charge >= 0.3 is 0 Å². The van der Waals surface area contributed by atoms with E-state index in [2.05, 4.69) is 5.16 Å². The van der Waals surface area contributed by atoms with Crippen molar-refractivity contribution >= 4 is 11.5 Å². The molecule has 5 nitrogen and oxygen atoms in total. The summed E-state index contributed by atoms with van der Waals surface area (Å²) in [5.74, 6) is 0.113. The third-order valence-electron chi connectivity index (χ3n) is 2.32. The van der Waals surface area contributed by atoms with E-state index in [4.69, 9.17) is 15.7 Å². The molecule has 0 radical (unpaired) electrons. The van der Waals surface area contributed by atoms with Crippen molar-refractivity contribution in [1.29, 1.82) is 0 Å². The second-order valence-corrected chi connectivity index (χ2v) is 3.45. The molecular formula is C11H17N3O2. The van der Waals surface area contributed by atoms with Gasteiger partial charge in [-0.3, -0.25) is 0 Å². The Morgan fingerprint density at radius 1 is 1.56 bits per heavy atom. The Morgan fingerprint density at radius 3 is 2.94 bits per heavy atom. The van der Waals surface area contributed by atoms with Crippen molar-refractivity contribution in [2.45, 2.75) is 0 Å². The smallest absolute Gasteiger partial charge is 0.170 e. The van der Waals surface area contributed by atoms with Crippen LogP contribution in [0.2, 0.25) is 0 Å². The molecule has 0 saturated carbocycles. The van der Waals surface area contributed by atoms with Gasteiger partial charge in [-0.2, -0.15) is 0 Å². The van der Waals surface area contributed by atoms with Crippen molar-refractivity contribution in [3.63, 3.8) is 0 Å². The molecule has 0 atom stereocenters. The highest BCUT2D eigenvalue weighted by atomic mass is 16.5. The van der Waals surface area contributed by atoms with Gasteiger partial charge < -0.3 is 20.6 Å². The number of benzene rings is 1. The normalized spacial score (nSPS) is 11.5. The van der Waals surface area contributed by atoms with E-state index in [0.29, 0.717) is 12.2 Å². The molecule has 0 heterocycles. The highest BCUT2D eigenvalue weighted by molar-refractivity contribution is 5.97. The summed E-state index contributed by atoms with van der Waals surface area (Å²) >= 11 is 0. The first-order valence-corrected chi connectivity index (χ1v) is 4.97. The number of methoxy groups -OCH3 is 1. The minimum Gasteiger partial charge on any atom is -0.409 e. The summed E-state index contributed by atoms with van der Waals surface area (Å²) < 4.78 is 5.00. The number of nitrogens with zero attached hydrogens (tertiary/aromatic N) is 2. The molecule has 1 rings (SSSR count). The van der Waals surface area contributed by atoms with Crippen molar-refractivity contribution in [2.24, 2.45) is 10.9 Å². The molecule has 5 heteroatoms. The average molecular weight is 223 g/mol. The number of oxime groups is 1. The maximum atomic E-state index is 8.59. The van der Waals surface area contributed by atoms with Gasteiger partial charge in [-0.05, 0) is 12.1 Å². The van der Waals surface area contributed by atoms with E-state index in [1.807, 2.05) is 30.1 Å². The standard InChI is InChI=1S/C11H17N3O2/c1-14(6-7-16-2)10-5-3-4-9(8-10)11(12)13-15/h3-5,8,15H,6-7H2,1-2H3,(H2,12,13). The van der Waals surface area contributed by atoms with Crippen LogP contribution in [0.25, 0.3) is 0 Å². The fourth-order valence-corrected chi connectivity index (χ4v) is 1.32. The van der Waals surface area contributed by atoms with Crippen LogP contribution in [-0.2, 0) is 4.74 Å². The number of anilines is 1. The summed E-state index contributed by atoms with van der Waals surface area (Å²) in [6.45, 7) is 1.44. The lowest BCUT2D eigenvalue weighted by Crippen LogP contribution is -2.22. The average Bonchev–Trinajstić information content (AvgIpc) is 2.35. The number of nitrogens with two attached hydrogens (primary N) is 1. The van der Waals surface area contributed by atoms with Crippen molar-refractivity contribution in [3.8, 4) is 0 Å². The number of hydrogen-bond acceptors (Lipinski definition) is 4. The Labute approximate surface area is 95.1 Å². The van der Waals surface area contributed by atoms with Gasteiger partial charge in [0.2, 0.25) is 0 Å². The third-order valence-corrected chi connectivity index (χ3v) is 2.32. The zero-order chi connectivity index (χ0) is 12.0. The minimum absolute atomic E-state index is 0.113. The molecule has 3 N–H and O–H groups in total. The minimum atomic E-state index is 0.113. The second-order valence-electron chi connectivity index (χ2n) is 3.45. The maximum Gasteiger partial charge on any atom is 0.170 e. The van der Waals surface area contributed by atoms with Crippen LogP contribution in [0.1, 0.15) is 5.56 Å². The second kappa shape index (κ2) is 5.97. The van der Waals surface area contributed by atoms with Crippen LogP contribution >= 0.6 is 0 Å². The van der Waals surface area contributed by atoms with E-state index in [1.165, 1.54) is 0 Å². The highest BCUT2D eigenvalue weighted by Crippen LogP contribution is 2.14. The van der Waals surface area contributed by atoms with Crippen molar-refractivity contribution in [1.82, 2.24) is 0 Å². The molecule has 0 aromatic heterocycles. The van der Waals surface area contributed by atoms with Crippen LogP contribution < -0.4 is 10.6 Å². The van der Waals surface area contributed by atoms with Crippen LogP contribution in [0, 0.1) is 0 Å². The van der Waals surface area contributed by atoms with Crippen molar-refractivity contribution in [3.05, 3.63) is 29.8 Å². The van der Waals surface area contributed by atoms with E-state index in [-0.39, 0.29) is 5.84 Å². The first kappa shape index (κ1) is 12.3. The Balaban J connectivity index is 2.81. The summed E-state index contributed by atoms with van der Waals surface area (Å²) in [7, 11) is 3.63. The van der Waals surface area contributed by atoms with E-state index < -0.39 is 0 Å². The first-order chi connectivity index (χ1) is 7.69.